The maximum absolute atomic E-state index is 4.74. The number of hydrogen-bond donors (Lipinski definition) is 2. The zero-order valence-electron chi connectivity index (χ0n) is 16.9. The minimum absolute atomic E-state index is 0. The lowest BCUT2D eigenvalue weighted by Crippen LogP contribution is -2.40. The first-order valence-electron chi connectivity index (χ1n) is 9.56. The quantitative estimate of drug-likeness (QED) is 0.323. The van der Waals surface area contributed by atoms with Gasteiger partial charge in [0.05, 0.1) is 6.04 Å². The third kappa shape index (κ3) is 8.28. The van der Waals surface area contributed by atoms with Crippen molar-refractivity contribution in [2.45, 2.75) is 53.1 Å². The van der Waals surface area contributed by atoms with Gasteiger partial charge in [-0.1, -0.05) is 51.1 Å². The minimum Gasteiger partial charge on any atom is -0.355 e. The summed E-state index contributed by atoms with van der Waals surface area (Å²) < 4.78 is 2.08. The molecule has 1 heterocycles. The molecule has 2 aromatic rings. The van der Waals surface area contributed by atoms with Gasteiger partial charge in [0.15, 0.2) is 5.96 Å². The van der Waals surface area contributed by atoms with Crippen LogP contribution in [0.15, 0.2) is 41.7 Å². The largest absolute Gasteiger partial charge is 0.355 e. The van der Waals surface area contributed by atoms with E-state index in [-0.39, 0.29) is 30.0 Å². The highest BCUT2D eigenvalue weighted by atomic mass is 127. The fourth-order valence-corrected chi connectivity index (χ4v) is 2.65. The number of hydrogen-bond acceptors (Lipinski definition) is 3. The summed E-state index contributed by atoms with van der Waals surface area (Å²) in [6, 6.07) is 10.6. The van der Waals surface area contributed by atoms with E-state index in [4.69, 9.17) is 4.99 Å². The first kappa shape index (κ1) is 23.4. The molecule has 2 N–H and O–H groups in total. The molecule has 0 aliphatic rings. The molecule has 0 spiro atoms. The Morgan fingerprint density at radius 3 is 2.59 bits per heavy atom. The molecule has 1 atom stereocenters. The Morgan fingerprint density at radius 1 is 1.19 bits per heavy atom. The highest BCUT2D eigenvalue weighted by Gasteiger charge is 2.08. The van der Waals surface area contributed by atoms with Gasteiger partial charge in [-0.15, -0.1) is 34.2 Å². The van der Waals surface area contributed by atoms with Crippen LogP contribution in [0.4, 0.5) is 0 Å². The van der Waals surface area contributed by atoms with E-state index >= 15 is 0 Å². The van der Waals surface area contributed by atoms with Crippen LogP contribution in [0.1, 0.15) is 51.5 Å². The van der Waals surface area contributed by atoms with Crippen molar-refractivity contribution in [2.75, 3.05) is 13.1 Å². The number of nitrogens with zero attached hydrogens (tertiary/aromatic N) is 4. The molecule has 0 aliphatic heterocycles. The predicted octanol–water partition coefficient (Wildman–Crippen LogP) is 3.80. The van der Waals surface area contributed by atoms with Crippen LogP contribution in [-0.4, -0.2) is 33.8 Å². The van der Waals surface area contributed by atoms with E-state index in [1.807, 2.05) is 6.07 Å². The number of aryl methyl sites for hydroxylation is 1. The Bertz CT molecular complexity index is 668. The molecule has 0 radical (unpaired) electrons. The van der Waals surface area contributed by atoms with Crippen LogP contribution in [-0.2, 0) is 13.0 Å². The lowest BCUT2D eigenvalue weighted by molar-refractivity contribution is 0.587. The predicted molar refractivity (Wildman–Crippen MR) is 123 cm³/mol. The molecule has 7 heteroatoms. The van der Waals surface area contributed by atoms with Gasteiger partial charge >= 0.3 is 0 Å². The summed E-state index contributed by atoms with van der Waals surface area (Å²) in [6.45, 7) is 11.1. The van der Waals surface area contributed by atoms with Crippen LogP contribution in [0.25, 0.3) is 0 Å². The van der Waals surface area contributed by atoms with Crippen molar-refractivity contribution in [2.24, 2.45) is 10.9 Å². The van der Waals surface area contributed by atoms with Gasteiger partial charge in [-0.05, 0) is 24.8 Å². The van der Waals surface area contributed by atoms with Crippen molar-refractivity contribution in [1.82, 2.24) is 25.4 Å². The number of halogens is 1. The van der Waals surface area contributed by atoms with Gasteiger partial charge in [-0.3, -0.25) is 4.99 Å². The summed E-state index contributed by atoms with van der Waals surface area (Å²) in [4.78, 5) is 4.74. The number of aromatic nitrogens is 3. The van der Waals surface area contributed by atoms with Crippen LogP contribution in [0.3, 0.4) is 0 Å². The van der Waals surface area contributed by atoms with E-state index in [2.05, 4.69) is 77.4 Å². The third-order valence-corrected chi connectivity index (χ3v) is 4.29. The van der Waals surface area contributed by atoms with Gasteiger partial charge in [0.25, 0.3) is 0 Å². The average Bonchev–Trinajstić information content (AvgIpc) is 3.09. The molecule has 0 aliphatic carbocycles. The smallest absolute Gasteiger partial charge is 0.191 e. The highest BCUT2D eigenvalue weighted by Crippen LogP contribution is 2.10. The number of rotatable bonds is 9. The van der Waals surface area contributed by atoms with Crippen LogP contribution >= 0.6 is 24.0 Å². The summed E-state index contributed by atoms with van der Waals surface area (Å²) in [5.74, 6) is 2.51. The zero-order chi connectivity index (χ0) is 18.8. The second-order valence-corrected chi connectivity index (χ2v) is 6.91. The van der Waals surface area contributed by atoms with E-state index in [0.717, 1.165) is 44.3 Å². The fourth-order valence-electron chi connectivity index (χ4n) is 2.65. The third-order valence-electron chi connectivity index (χ3n) is 4.29. The molecule has 1 aromatic heterocycles. The number of benzene rings is 1. The molecule has 0 bridgehead atoms. The lowest BCUT2D eigenvalue weighted by atomic mass is 10.1. The van der Waals surface area contributed by atoms with Crippen molar-refractivity contribution >= 4 is 29.9 Å². The summed E-state index contributed by atoms with van der Waals surface area (Å²) in [6.07, 6.45) is 3.76. The normalized spacial score (nSPS) is 12.6. The monoisotopic (exact) mass is 484 g/mol. The molecular weight excluding hydrogens is 451 g/mol. The van der Waals surface area contributed by atoms with Gasteiger partial charge in [0, 0.05) is 26.1 Å². The highest BCUT2D eigenvalue weighted by molar-refractivity contribution is 14.0. The van der Waals surface area contributed by atoms with Crippen molar-refractivity contribution in [3.63, 3.8) is 0 Å². The Kier molecular flexibility index (Phi) is 11.0. The number of nitrogens with one attached hydrogen (secondary N) is 2. The Balaban J connectivity index is 0.00000364. The number of aliphatic imine (C=N–C) groups is 1. The first-order valence-corrected chi connectivity index (χ1v) is 9.56. The van der Waals surface area contributed by atoms with Crippen LogP contribution < -0.4 is 10.6 Å². The van der Waals surface area contributed by atoms with Crippen LogP contribution in [0.5, 0.6) is 0 Å². The maximum atomic E-state index is 4.74. The molecule has 1 aromatic carbocycles. The lowest BCUT2D eigenvalue weighted by Gasteiger charge is -2.19. The van der Waals surface area contributed by atoms with E-state index in [1.165, 1.54) is 5.56 Å². The van der Waals surface area contributed by atoms with Gasteiger partial charge < -0.3 is 15.2 Å². The second-order valence-electron chi connectivity index (χ2n) is 6.91. The first-order chi connectivity index (χ1) is 12.6. The molecule has 0 amide bonds. The minimum atomic E-state index is 0. The molecule has 0 saturated carbocycles. The topological polar surface area (TPSA) is 67.1 Å². The molecule has 0 saturated heterocycles. The van der Waals surface area contributed by atoms with Crippen molar-refractivity contribution in [3.8, 4) is 0 Å². The van der Waals surface area contributed by atoms with E-state index < -0.39 is 0 Å². The molecule has 150 valence electrons. The summed E-state index contributed by atoms with van der Waals surface area (Å²) >= 11 is 0. The average molecular weight is 484 g/mol. The van der Waals surface area contributed by atoms with Gasteiger partial charge in [0.2, 0.25) is 0 Å². The van der Waals surface area contributed by atoms with Crippen molar-refractivity contribution < 1.29 is 0 Å². The van der Waals surface area contributed by atoms with Crippen molar-refractivity contribution in [3.05, 3.63) is 48.0 Å². The van der Waals surface area contributed by atoms with E-state index in [1.54, 1.807) is 6.33 Å². The van der Waals surface area contributed by atoms with Gasteiger partial charge in [0.1, 0.15) is 12.2 Å². The maximum Gasteiger partial charge on any atom is 0.191 e. The summed E-state index contributed by atoms with van der Waals surface area (Å²) in [5, 5.41) is 15.1. The fraction of sp³-hybridized carbons (Fsp3) is 0.550. The zero-order valence-corrected chi connectivity index (χ0v) is 19.2. The Hall–Kier alpha value is -1.64. The summed E-state index contributed by atoms with van der Waals surface area (Å²) in [5.41, 5.74) is 1.25. The molecule has 6 nitrogen and oxygen atoms in total. The summed E-state index contributed by atoms with van der Waals surface area (Å²) in [7, 11) is 0. The molecular formula is C20H33IN6. The molecule has 1 unspecified atom stereocenters. The van der Waals surface area contributed by atoms with Gasteiger partial charge in [-0.2, -0.15) is 0 Å². The van der Waals surface area contributed by atoms with E-state index in [0.29, 0.717) is 5.92 Å². The van der Waals surface area contributed by atoms with Crippen LogP contribution in [0.2, 0.25) is 0 Å². The standard InChI is InChI=1S/C20H32N6.HI/c1-5-19-25-23-15-26(19)14-13-22-20(21-12-11-16(2)3)24-17(4)18-9-7-6-8-10-18;/h6-10,15-17H,5,11-14H2,1-4H3,(H2,21,22,24);1H. The van der Waals surface area contributed by atoms with Crippen molar-refractivity contribution in [1.29, 1.82) is 0 Å². The van der Waals surface area contributed by atoms with Gasteiger partial charge in [-0.25, -0.2) is 0 Å². The molecule has 2 rings (SSSR count). The second kappa shape index (κ2) is 12.7. The SMILES string of the molecule is CCc1nncn1CCNC(=NCCC(C)C)NC(C)c1ccccc1.I. The molecule has 27 heavy (non-hydrogen) atoms. The Labute approximate surface area is 180 Å². The number of guanidine groups is 1. The van der Waals surface area contributed by atoms with Crippen LogP contribution in [0, 0.1) is 5.92 Å². The molecule has 0 fully saturated rings. The Morgan fingerprint density at radius 2 is 1.93 bits per heavy atom. The van der Waals surface area contributed by atoms with E-state index in [9.17, 15) is 0 Å².